The van der Waals surface area contributed by atoms with Gasteiger partial charge in [-0.15, -0.1) is 0 Å². The van der Waals surface area contributed by atoms with Crippen LogP contribution >= 0.6 is 0 Å². The van der Waals surface area contributed by atoms with Crippen molar-refractivity contribution in [3.8, 4) is 11.3 Å². The maximum absolute atomic E-state index is 13.8. The summed E-state index contributed by atoms with van der Waals surface area (Å²) in [6.07, 6.45) is 0. The summed E-state index contributed by atoms with van der Waals surface area (Å²) < 4.78 is 13.8. The smallest absolute Gasteiger partial charge is 0.224 e. The molecule has 0 aliphatic carbocycles. The molecule has 0 amide bonds. The van der Waals surface area contributed by atoms with Crippen molar-refractivity contribution in [3.63, 3.8) is 0 Å². The summed E-state index contributed by atoms with van der Waals surface area (Å²) in [5, 5.41) is 5.91. The Bertz CT molecular complexity index is 775. The molecule has 110 valence electrons. The summed E-state index contributed by atoms with van der Waals surface area (Å²) in [4.78, 5) is 8.74. The Hall–Kier alpha value is -2.95. The molecule has 0 fully saturated rings. The first-order valence-electron chi connectivity index (χ1n) is 6.90. The summed E-state index contributed by atoms with van der Waals surface area (Å²) in [6.45, 7) is 0. The molecule has 0 unspecified atom stereocenters. The lowest BCUT2D eigenvalue weighted by molar-refractivity contribution is 0.632. The topological polar surface area (TPSA) is 49.8 Å². The third-order valence-corrected chi connectivity index (χ3v) is 3.16. The number of aromatic nitrogens is 2. The molecule has 5 heteroatoms. The van der Waals surface area contributed by atoms with E-state index in [4.69, 9.17) is 0 Å². The lowest BCUT2D eigenvalue weighted by atomic mass is 10.1. The predicted octanol–water partition coefficient (Wildman–Crippen LogP) is 4.07. The molecule has 3 rings (SSSR count). The minimum Gasteiger partial charge on any atom is -0.357 e. The number of halogens is 1. The molecule has 1 aromatic heterocycles. The number of hydrogen-bond acceptors (Lipinski definition) is 4. The van der Waals surface area contributed by atoms with Crippen LogP contribution in [0.2, 0.25) is 0 Å². The molecule has 0 spiro atoms. The van der Waals surface area contributed by atoms with E-state index in [0.717, 1.165) is 11.3 Å². The summed E-state index contributed by atoms with van der Waals surface area (Å²) in [6, 6.07) is 18.0. The monoisotopic (exact) mass is 294 g/mol. The van der Waals surface area contributed by atoms with Crippen LogP contribution < -0.4 is 10.6 Å². The van der Waals surface area contributed by atoms with E-state index < -0.39 is 0 Å². The zero-order valence-electron chi connectivity index (χ0n) is 12.0. The van der Waals surface area contributed by atoms with E-state index in [1.54, 1.807) is 31.3 Å². The summed E-state index contributed by atoms with van der Waals surface area (Å²) >= 11 is 0. The van der Waals surface area contributed by atoms with Crippen molar-refractivity contribution in [2.24, 2.45) is 0 Å². The van der Waals surface area contributed by atoms with Crippen LogP contribution in [0.15, 0.2) is 60.7 Å². The maximum atomic E-state index is 13.8. The van der Waals surface area contributed by atoms with Gasteiger partial charge in [0.15, 0.2) is 0 Å². The molecule has 0 saturated carbocycles. The molecule has 2 aromatic carbocycles. The Labute approximate surface area is 128 Å². The van der Waals surface area contributed by atoms with E-state index in [2.05, 4.69) is 20.6 Å². The van der Waals surface area contributed by atoms with Crippen LogP contribution in [0.4, 0.5) is 21.8 Å². The quantitative estimate of drug-likeness (QED) is 0.761. The van der Waals surface area contributed by atoms with E-state index >= 15 is 0 Å². The highest BCUT2D eigenvalue weighted by Gasteiger charge is 2.08. The lowest BCUT2D eigenvalue weighted by Crippen LogP contribution is -2.02. The minimum atomic E-state index is -0.326. The third kappa shape index (κ3) is 3.03. The van der Waals surface area contributed by atoms with Crippen LogP contribution in [0.1, 0.15) is 0 Å². The van der Waals surface area contributed by atoms with E-state index in [0.29, 0.717) is 17.5 Å². The van der Waals surface area contributed by atoms with E-state index in [-0.39, 0.29) is 5.82 Å². The molecule has 0 aliphatic heterocycles. The van der Waals surface area contributed by atoms with Crippen LogP contribution in [-0.2, 0) is 0 Å². The second-order valence-corrected chi connectivity index (χ2v) is 4.68. The van der Waals surface area contributed by atoms with Gasteiger partial charge in [-0.25, -0.2) is 9.37 Å². The van der Waals surface area contributed by atoms with E-state index in [1.807, 2.05) is 30.3 Å². The largest absolute Gasteiger partial charge is 0.357 e. The molecule has 0 radical (unpaired) electrons. The summed E-state index contributed by atoms with van der Waals surface area (Å²) in [5.41, 5.74) is 2.11. The minimum absolute atomic E-state index is 0.326. The number of rotatable bonds is 4. The maximum Gasteiger partial charge on any atom is 0.224 e. The second-order valence-electron chi connectivity index (χ2n) is 4.68. The first kappa shape index (κ1) is 14.0. The number of hydrogen-bond donors (Lipinski definition) is 2. The van der Waals surface area contributed by atoms with Crippen molar-refractivity contribution in [1.29, 1.82) is 0 Å². The van der Waals surface area contributed by atoms with Crippen LogP contribution in [0.25, 0.3) is 11.3 Å². The molecular formula is C17H15FN4. The van der Waals surface area contributed by atoms with E-state index in [1.165, 1.54) is 6.07 Å². The number of nitrogens with one attached hydrogen (secondary N) is 2. The van der Waals surface area contributed by atoms with Crippen molar-refractivity contribution in [1.82, 2.24) is 9.97 Å². The molecule has 0 saturated heterocycles. The average Bonchev–Trinajstić information content (AvgIpc) is 2.57. The van der Waals surface area contributed by atoms with Gasteiger partial charge in [-0.05, 0) is 12.1 Å². The highest BCUT2D eigenvalue weighted by Crippen LogP contribution is 2.24. The Morgan fingerprint density at radius 2 is 1.64 bits per heavy atom. The van der Waals surface area contributed by atoms with Crippen molar-refractivity contribution in [3.05, 3.63) is 66.5 Å². The van der Waals surface area contributed by atoms with Crippen LogP contribution in [-0.4, -0.2) is 17.0 Å². The molecule has 2 N–H and O–H groups in total. The molecule has 0 aliphatic rings. The van der Waals surface area contributed by atoms with Gasteiger partial charge in [0.2, 0.25) is 5.95 Å². The fraction of sp³-hybridized carbons (Fsp3) is 0.0588. The zero-order valence-corrected chi connectivity index (χ0v) is 12.0. The van der Waals surface area contributed by atoms with Crippen molar-refractivity contribution in [2.45, 2.75) is 0 Å². The first-order chi connectivity index (χ1) is 10.8. The van der Waals surface area contributed by atoms with Crippen molar-refractivity contribution >= 4 is 17.5 Å². The van der Waals surface area contributed by atoms with Crippen molar-refractivity contribution < 1.29 is 4.39 Å². The van der Waals surface area contributed by atoms with Crippen LogP contribution in [0.3, 0.4) is 0 Å². The predicted molar refractivity (Wildman–Crippen MR) is 86.7 cm³/mol. The van der Waals surface area contributed by atoms with Gasteiger partial charge in [0.05, 0.1) is 11.4 Å². The molecule has 0 bridgehead atoms. The van der Waals surface area contributed by atoms with Gasteiger partial charge in [0.1, 0.15) is 11.6 Å². The highest BCUT2D eigenvalue weighted by atomic mass is 19.1. The Morgan fingerprint density at radius 1 is 0.909 bits per heavy atom. The van der Waals surface area contributed by atoms with Gasteiger partial charge < -0.3 is 10.6 Å². The van der Waals surface area contributed by atoms with E-state index in [9.17, 15) is 4.39 Å². The molecule has 3 aromatic rings. The molecule has 4 nitrogen and oxygen atoms in total. The fourth-order valence-electron chi connectivity index (χ4n) is 2.08. The molecule has 1 heterocycles. The van der Waals surface area contributed by atoms with Crippen LogP contribution in [0, 0.1) is 5.82 Å². The van der Waals surface area contributed by atoms with Gasteiger partial charge in [0.25, 0.3) is 0 Å². The fourth-order valence-corrected chi connectivity index (χ4v) is 2.08. The first-order valence-corrected chi connectivity index (χ1v) is 6.90. The highest BCUT2D eigenvalue weighted by molar-refractivity contribution is 5.67. The summed E-state index contributed by atoms with van der Waals surface area (Å²) in [5.74, 6) is 0.678. The van der Waals surface area contributed by atoms with Gasteiger partial charge in [-0.2, -0.15) is 4.98 Å². The SMILES string of the molecule is CNc1nc(Nc2ccccc2F)cc(-c2ccccc2)n1. The molecule has 0 atom stereocenters. The molecular weight excluding hydrogens is 279 g/mol. The Morgan fingerprint density at radius 3 is 2.36 bits per heavy atom. The normalized spacial score (nSPS) is 10.3. The molecule has 22 heavy (non-hydrogen) atoms. The number of benzene rings is 2. The second kappa shape index (κ2) is 6.22. The Balaban J connectivity index is 2.00. The standard InChI is InChI=1S/C17H15FN4/c1-19-17-21-15(12-7-3-2-4-8-12)11-16(22-17)20-14-10-6-5-9-13(14)18/h2-11H,1H3,(H2,19,20,21,22). The third-order valence-electron chi connectivity index (χ3n) is 3.16. The Kier molecular flexibility index (Phi) is 3.96. The number of anilines is 3. The average molecular weight is 294 g/mol. The van der Waals surface area contributed by atoms with Gasteiger partial charge in [0, 0.05) is 18.7 Å². The number of para-hydroxylation sites is 1. The van der Waals surface area contributed by atoms with Crippen LogP contribution in [0.5, 0.6) is 0 Å². The summed E-state index contributed by atoms with van der Waals surface area (Å²) in [7, 11) is 1.75. The zero-order chi connectivity index (χ0) is 15.4. The van der Waals surface area contributed by atoms with Gasteiger partial charge in [-0.3, -0.25) is 0 Å². The van der Waals surface area contributed by atoms with Gasteiger partial charge >= 0.3 is 0 Å². The van der Waals surface area contributed by atoms with Crippen molar-refractivity contribution in [2.75, 3.05) is 17.7 Å². The lowest BCUT2D eigenvalue weighted by Gasteiger charge is -2.10. The number of nitrogens with zero attached hydrogens (tertiary/aromatic N) is 2. The van der Waals surface area contributed by atoms with Gasteiger partial charge in [-0.1, -0.05) is 42.5 Å².